The van der Waals surface area contributed by atoms with Crippen LogP contribution in [0.1, 0.15) is 96.8 Å². The largest absolute Gasteiger partial charge is 1.00 e. The zero-order valence-electron chi connectivity index (χ0n) is 16.6. The summed E-state index contributed by atoms with van der Waals surface area (Å²) in [7, 11) is 6.74. The fraction of sp³-hybridized carbons (Fsp3) is 0.905. The van der Waals surface area contributed by atoms with Crippen LogP contribution in [0.2, 0.25) is 0 Å². The average Bonchev–Trinajstić information content (AvgIpc) is 2.45. The van der Waals surface area contributed by atoms with Crippen molar-refractivity contribution in [3.05, 3.63) is 12.2 Å². The zero-order valence-corrected chi connectivity index (χ0v) is 18.2. The number of hydrogen-bond donors (Lipinski definition) is 0. The van der Waals surface area contributed by atoms with Crippen molar-refractivity contribution in [1.82, 2.24) is 0 Å². The van der Waals surface area contributed by atoms with Crippen LogP contribution in [0.15, 0.2) is 12.2 Å². The van der Waals surface area contributed by atoms with Crippen LogP contribution in [0.5, 0.6) is 0 Å². The van der Waals surface area contributed by atoms with Gasteiger partial charge in [-0.25, -0.2) is 0 Å². The molecular formula is C21H44BrN. The van der Waals surface area contributed by atoms with E-state index in [0.29, 0.717) is 0 Å². The monoisotopic (exact) mass is 389 g/mol. The van der Waals surface area contributed by atoms with E-state index < -0.39 is 0 Å². The van der Waals surface area contributed by atoms with E-state index in [-0.39, 0.29) is 17.0 Å². The number of likely N-dealkylation sites (N-methyl/N-ethyl adjacent to an activating group) is 1. The number of halogens is 1. The van der Waals surface area contributed by atoms with E-state index in [1.54, 1.807) is 0 Å². The number of nitrogens with zero attached hydrogens (tertiary/aromatic N) is 1. The second kappa shape index (κ2) is 18.5. The highest BCUT2D eigenvalue weighted by molar-refractivity contribution is 4.81. The van der Waals surface area contributed by atoms with Crippen molar-refractivity contribution in [1.29, 1.82) is 0 Å². The summed E-state index contributed by atoms with van der Waals surface area (Å²) in [5.74, 6) is 0. The van der Waals surface area contributed by atoms with Gasteiger partial charge in [0.05, 0.1) is 27.7 Å². The third-order valence-electron chi connectivity index (χ3n) is 4.29. The third-order valence-corrected chi connectivity index (χ3v) is 4.29. The van der Waals surface area contributed by atoms with Crippen LogP contribution in [0.3, 0.4) is 0 Å². The molecule has 0 bridgehead atoms. The first-order valence-electron chi connectivity index (χ1n) is 10.0. The highest BCUT2D eigenvalue weighted by Crippen LogP contribution is 2.13. The fourth-order valence-electron chi connectivity index (χ4n) is 2.79. The lowest BCUT2D eigenvalue weighted by atomic mass is 10.0. The van der Waals surface area contributed by atoms with Gasteiger partial charge in [-0.2, -0.15) is 0 Å². The molecule has 0 fully saturated rings. The Bertz CT molecular complexity index is 243. The lowest BCUT2D eigenvalue weighted by molar-refractivity contribution is -0.864. The molecule has 0 heterocycles. The second-order valence-corrected chi connectivity index (χ2v) is 7.98. The molecule has 0 aliphatic rings. The maximum atomic E-state index is 2.38. The van der Waals surface area contributed by atoms with Crippen LogP contribution >= 0.6 is 0 Å². The van der Waals surface area contributed by atoms with Crippen molar-refractivity contribution in [2.45, 2.75) is 96.8 Å². The predicted molar refractivity (Wildman–Crippen MR) is 102 cm³/mol. The van der Waals surface area contributed by atoms with E-state index in [9.17, 15) is 0 Å². The maximum Gasteiger partial charge on any atom is 0.0967 e. The number of hydrogen-bond acceptors (Lipinski definition) is 0. The van der Waals surface area contributed by atoms with Gasteiger partial charge in [-0.1, -0.05) is 90.0 Å². The Labute approximate surface area is 158 Å². The average molecular weight is 390 g/mol. The summed E-state index contributed by atoms with van der Waals surface area (Å²) in [5, 5.41) is 0. The molecule has 0 unspecified atom stereocenters. The Morgan fingerprint density at radius 2 is 0.957 bits per heavy atom. The molecule has 23 heavy (non-hydrogen) atoms. The van der Waals surface area contributed by atoms with E-state index in [1.807, 2.05) is 0 Å². The molecule has 0 saturated carbocycles. The van der Waals surface area contributed by atoms with Crippen LogP contribution < -0.4 is 17.0 Å². The summed E-state index contributed by atoms with van der Waals surface area (Å²) in [5.41, 5.74) is 0. The molecule has 2 heteroatoms. The predicted octanol–water partition coefficient (Wildman–Crippen LogP) is 3.73. The van der Waals surface area contributed by atoms with Gasteiger partial charge in [0.1, 0.15) is 0 Å². The van der Waals surface area contributed by atoms with Gasteiger partial charge in [-0.05, 0) is 18.9 Å². The van der Waals surface area contributed by atoms with E-state index in [2.05, 4.69) is 40.2 Å². The molecule has 0 aliphatic heterocycles. The molecule has 0 radical (unpaired) electrons. The van der Waals surface area contributed by atoms with E-state index in [0.717, 1.165) is 11.0 Å². The molecule has 0 amide bonds. The SMILES string of the molecule is CCCCCCCCCCCCCCCC=CC[N+](C)(C)C.[Br-]. The van der Waals surface area contributed by atoms with E-state index >= 15 is 0 Å². The van der Waals surface area contributed by atoms with Crippen LogP contribution in [-0.2, 0) is 0 Å². The summed E-state index contributed by atoms with van der Waals surface area (Å²) >= 11 is 0. The van der Waals surface area contributed by atoms with Crippen molar-refractivity contribution in [3.8, 4) is 0 Å². The minimum Gasteiger partial charge on any atom is -1.00 e. The van der Waals surface area contributed by atoms with Crippen LogP contribution in [0.25, 0.3) is 0 Å². The molecule has 0 aromatic rings. The van der Waals surface area contributed by atoms with E-state index in [4.69, 9.17) is 0 Å². The molecular weight excluding hydrogens is 346 g/mol. The Kier molecular flexibility index (Phi) is 20.5. The lowest BCUT2D eigenvalue weighted by Gasteiger charge is -2.21. The molecule has 0 aromatic heterocycles. The van der Waals surface area contributed by atoms with Gasteiger partial charge in [0, 0.05) is 0 Å². The van der Waals surface area contributed by atoms with Crippen molar-refractivity contribution >= 4 is 0 Å². The first-order chi connectivity index (χ1) is 10.6. The van der Waals surface area contributed by atoms with Gasteiger partial charge in [0.25, 0.3) is 0 Å². The first kappa shape index (κ1) is 25.4. The molecule has 0 aliphatic carbocycles. The highest BCUT2D eigenvalue weighted by atomic mass is 79.9. The van der Waals surface area contributed by atoms with Crippen molar-refractivity contribution in [2.75, 3.05) is 27.7 Å². The van der Waals surface area contributed by atoms with Gasteiger partial charge in [0.15, 0.2) is 0 Å². The van der Waals surface area contributed by atoms with Crippen molar-refractivity contribution in [3.63, 3.8) is 0 Å². The fourth-order valence-corrected chi connectivity index (χ4v) is 2.79. The summed E-state index contributed by atoms with van der Waals surface area (Å²) in [6.07, 6.45) is 24.8. The molecule has 140 valence electrons. The van der Waals surface area contributed by atoms with Crippen LogP contribution in [-0.4, -0.2) is 32.2 Å². The zero-order chi connectivity index (χ0) is 16.5. The van der Waals surface area contributed by atoms with Crippen LogP contribution in [0, 0.1) is 0 Å². The maximum absolute atomic E-state index is 2.38. The quantitative estimate of drug-likeness (QED) is 0.214. The Morgan fingerprint density at radius 3 is 1.35 bits per heavy atom. The van der Waals surface area contributed by atoms with Gasteiger partial charge in [-0.3, -0.25) is 0 Å². The Morgan fingerprint density at radius 1 is 0.565 bits per heavy atom. The summed E-state index contributed by atoms with van der Waals surface area (Å²) in [6.45, 7) is 3.44. The minimum absolute atomic E-state index is 0. The topological polar surface area (TPSA) is 0 Å². The summed E-state index contributed by atoms with van der Waals surface area (Å²) in [6, 6.07) is 0. The van der Waals surface area contributed by atoms with Crippen LogP contribution in [0.4, 0.5) is 0 Å². The molecule has 0 aromatic carbocycles. The second-order valence-electron chi connectivity index (χ2n) is 7.98. The number of unbranched alkanes of at least 4 members (excludes halogenated alkanes) is 13. The molecule has 0 N–H and O–H groups in total. The normalized spacial score (nSPS) is 11.8. The first-order valence-corrected chi connectivity index (χ1v) is 10.0. The molecule has 0 atom stereocenters. The van der Waals surface area contributed by atoms with Gasteiger partial charge >= 0.3 is 0 Å². The number of rotatable bonds is 16. The van der Waals surface area contributed by atoms with Crippen molar-refractivity contribution < 1.29 is 21.5 Å². The third kappa shape index (κ3) is 24.6. The van der Waals surface area contributed by atoms with Crippen molar-refractivity contribution in [2.24, 2.45) is 0 Å². The standard InChI is InChI=1S/C21H44N.BrH/c1-5-6-7-8-9-10-11-12-13-14-15-16-17-18-19-20-21-22(2,3)4;/h19-20H,5-18,21H2,1-4H3;1H/q+1;/p-1. The summed E-state index contributed by atoms with van der Waals surface area (Å²) in [4.78, 5) is 0. The number of quaternary nitrogens is 1. The Hall–Kier alpha value is 0.180. The summed E-state index contributed by atoms with van der Waals surface area (Å²) < 4.78 is 1.04. The van der Waals surface area contributed by atoms with E-state index in [1.165, 1.54) is 89.9 Å². The molecule has 1 nitrogen and oxygen atoms in total. The number of allylic oxidation sites excluding steroid dienone is 1. The minimum atomic E-state index is 0. The molecule has 0 spiro atoms. The lowest BCUT2D eigenvalue weighted by Crippen LogP contribution is -3.00. The smallest absolute Gasteiger partial charge is 0.0967 e. The Balaban J connectivity index is 0. The molecule has 0 rings (SSSR count). The van der Waals surface area contributed by atoms with Gasteiger partial charge < -0.3 is 21.5 Å². The molecule has 0 saturated heterocycles. The van der Waals surface area contributed by atoms with Gasteiger partial charge in [0.2, 0.25) is 0 Å². The van der Waals surface area contributed by atoms with Gasteiger partial charge in [-0.15, -0.1) is 0 Å². The highest BCUT2D eigenvalue weighted by Gasteiger charge is 2.01.